The van der Waals surface area contributed by atoms with Crippen LogP contribution in [0.3, 0.4) is 0 Å². The Labute approximate surface area is 291 Å². The summed E-state index contributed by atoms with van der Waals surface area (Å²) in [6.45, 7) is 23.1. The van der Waals surface area contributed by atoms with E-state index in [1.807, 2.05) is 18.2 Å². The van der Waals surface area contributed by atoms with Crippen molar-refractivity contribution in [1.29, 1.82) is 0 Å². The molecule has 0 spiro atoms. The molecule has 3 atom stereocenters. The summed E-state index contributed by atoms with van der Waals surface area (Å²) in [6, 6.07) is 18.5. The van der Waals surface area contributed by atoms with Crippen molar-refractivity contribution in [1.82, 2.24) is 4.90 Å². The zero-order valence-corrected chi connectivity index (χ0v) is 33.5. The number of methoxy groups -OCH3 is 1. The molecule has 1 fully saturated rings. The van der Waals surface area contributed by atoms with Crippen LogP contribution in [0.1, 0.15) is 71.9 Å². The first kappa shape index (κ1) is 39.4. The highest BCUT2D eigenvalue weighted by Gasteiger charge is 2.41. The molecule has 0 radical (unpaired) electrons. The zero-order valence-electron chi connectivity index (χ0n) is 30.7. The molecule has 10 heteroatoms. The largest absolute Gasteiger partial charge is 0.544 e. The molecule has 1 saturated heterocycles. The van der Waals surface area contributed by atoms with E-state index in [1.165, 1.54) is 5.56 Å². The summed E-state index contributed by atoms with van der Waals surface area (Å²) >= 11 is 5.49. The average Bonchev–Trinajstić information content (AvgIpc) is 3.33. The fraction of sp³-hybridized carbons (Fsp3) is 0.622. The fourth-order valence-corrected chi connectivity index (χ4v) is 7.83. The number of hydrogen-bond donors (Lipinski definition) is 0. The summed E-state index contributed by atoms with van der Waals surface area (Å²) in [6.07, 6.45) is 2.54. The van der Waals surface area contributed by atoms with Crippen molar-refractivity contribution in [2.24, 2.45) is 0 Å². The molecule has 262 valence electrons. The van der Waals surface area contributed by atoms with Gasteiger partial charge in [0.25, 0.3) is 5.17 Å². The van der Waals surface area contributed by atoms with Crippen molar-refractivity contribution >= 4 is 39.9 Å². The Hall–Kier alpha value is -2.09. The van der Waals surface area contributed by atoms with Crippen molar-refractivity contribution in [3.8, 4) is 5.75 Å². The summed E-state index contributed by atoms with van der Waals surface area (Å²) in [5.74, 6) is 0.827. The van der Waals surface area contributed by atoms with Crippen molar-refractivity contribution in [3.63, 3.8) is 0 Å². The maximum Gasteiger partial charge on any atom is 0.266 e. The highest BCUT2D eigenvalue weighted by atomic mass is 32.1. The number of aryl methyl sites for hydroxylation is 1. The van der Waals surface area contributed by atoms with Gasteiger partial charge in [-0.1, -0.05) is 84.0 Å². The lowest BCUT2D eigenvalue weighted by atomic mass is 10.0. The first-order valence-electron chi connectivity index (χ1n) is 16.9. The van der Waals surface area contributed by atoms with E-state index in [2.05, 4.69) is 104 Å². The fourth-order valence-electron chi connectivity index (χ4n) is 5.08. The van der Waals surface area contributed by atoms with Gasteiger partial charge < -0.3 is 23.1 Å². The highest BCUT2D eigenvalue weighted by molar-refractivity contribution is 7.80. The third-order valence-electron chi connectivity index (χ3n) is 10.0. The Kier molecular flexibility index (Phi) is 13.9. The quantitative estimate of drug-likeness (QED) is 0.0984. The Morgan fingerprint density at radius 1 is 0.915 bits per heavy atom. The van der Waals surface area contributed by atoms with Gasteiger partial charge in [0.05, 0.1) is 18.6 Å². The van der Waals surface area contributed by atoms with Gasteiger partial charge in [-0.25, -0.2) is 0 Å². The number of carbonyl (C=O) groups is 1. The van der Waals surface area contributed by atoms with Crippen LogP contribution in [-0.4, -0.2) is 71.4 Å². The van der Waals surface area contributed by atoms with Gasteiger partial charge in [0.15, 0.2) is 8.32 Å². The van der Waals surface area contributed by atoms with Gasteiger partial charge in [0.1, 0.15) is 19.1 Å². The normalized spacial score (nSPS) is 17.4. The van der Waals surface area contributed by atoms with Gasteiger partial charge in [-0.15, -0.1) is 0 Å². The highest BCUT2D eigenvalue weighted by Crippen LogP contribution is 2.39. The molecular formula is C37H59NO6SSi2. The van der Waals surface area contributed by atoms with Gasteiger partial charge in [-0.3, -0.25) is 9.69 Å². The molecule has 1 aliphatic heterocycles. The molecule has 47 heavy (non-hydrogen) atoms. The summed E-state index contributed by atoms with van der Waals surface area (Å²) in [7, 11) is -2.44. The summed E-state index contributed by atoms with van der Waals surface area (Å²) in [5, 5.41) is 0.408. The Bertz CT molecular complexity index is 1290. The average molecular weight is 702 g/mol. The minimum Gasteiger partial charge on any atom is -0.544 e. The van der Waals surface area contributed by atoms with Crippen LogP contribution in [0.2, 0.25) is 36.3 Å². The van der Waals surface area contributed by atoms with E-state index < -0.39 is 22.7 Å². The van der Waals surface area contributed by atoms with Crippen molar-refractivity contribution in [2.45, 2.75) is 128 Å². The summed E-state index contributed by atoms with van der Waals surface area (Å²) < 4.78 is 30.7. The van der Waals surface area contributed by atoms with Crippen LogP contribution in [0, 0.1) is 0 Å². The van der Waals surface area contributed by atoms with Crippen molar-refractivity contribution in [3.05, 3.63) is 65.7 Å². The SMILES string of the molecule is COCO[C@H](CC(=O)N1C(=S)OC[C@@H]1Cc1ccccc1)C[C@H](CCc1ccc(O[Si](C)(C)C(C)(C)C)cc1)O[Si](C)(C)C(C)(C)C. The van der Waals surface area contributed by atoms with E-state index in [1.54, 1.807) is 12.0 Å². The number of thiocarbonyl (C=S) groups is 1. The van der Waals surface area contributed by atoms with Crippen LogP contribution in [-0.2, 0) is 36.3 Å². The Balaban J connectivity index is 1.76. The van der Waals surface area contributed by atoms with E-state index in [4.69, 9.17) is 35.3 Å². The minimum atomic E-state index is -2.13. The maximum atomic E-state index is 13.8. The Morgan fingerprint density at radius 3 is 2.11 bits per heavy atom. The van der Waals surface area contributed by atoms with E-state index >= 15 is 0 Å². The third-order valence-corrected chi connectivity index (χ3v) is 19.2. The lowest BCUT2D eigenvalue weighted by Gasteiger charge is -2.40. The number of nitrogens with zero attached hydrogens (tertiary/aromatic N) is 1. The monoisotopic (exact) mass is 701 g/mol. The molecule has 1 aliphatic rings. The number of rotatable bonds is 16. The predicted octanol–water partition coefficient (Wildman–Crippen LogP) is 8.92. The van der Waals surface area contributed by atoms with Gasteiger partial charge in [-0.05, 0) is 97.4 Å². The smallest absolute Gasteiger partial charge is 0.266 e. The molecule has 0 aliphatic carbocycles. The van der Waals surface area contributed by atoms with Crippen LogP contribution < -0.4 is 4.43 Å². The van der Waals surface area contributed by atoms with E-state index in [0.29, 0.717) is 19.4 Å². The second-order valence-corrected chi connectivity index (χ2v) is 25.7. The van der Waals surface area contributed by atoms with Crippen LogP contribution in [0.5, 0.6) is 5.75 Å². The third kappa shape index (κ3) is 11.5. The molecule has 0 unspecified atom stereocenters. The first-order chi connectivity index (χ1) is 21.8. The lowest BCUT2D eigenvalue weighted by molar-refractivity contribution is -0.136. The molecule has 0 bridgehead atoms. The predicted molar refractivity (Wildman–Crippen MR) is 200 cm³/mol. The molecule has 0 N–H and O–H groups in total. The molecule has 3 rings (SSSR count). The second kappa shape index (κ2) is 16.5. The van der Waals surface area contributed by atoms with Crippen LogP contribution in [0.15, 0.2) is 54.6 Å². The van der Waals surface area contributed by atoms with E-state index in [-0.39, 0.29) is 46.5 Å². The van der Waals surface area contributed by atoms with Crippen LogP contribution >= 0.6 is 12.2 Å². The number of amides is 1. The number of carbonyl (C=O) groups excluding carboxylic acids is 1. The van der Waals surface area contributed by atoms with Gasteiger partial charge >= 0.3 is 0 Å². The minimum absolute atomic E-state index is 0.0381. The van der Waals surface area contributed by atoms with Crippen LogP contribution in [0.25, 0.3) is 0 Å². The van der Waals surface area contributed by atoms with Gasteiger partial charge in [0, 0.05) is 13.2 Å². The lowest BCUT2D eigenvalue weighted by Crippen LogP contribution is -2.46. The number of benzene rings is 2. The van der Waals surface area contributed by atoms with Gasteiger partial charge in [-0.2, -0.15) is 0 Å². The molecule has 1 amide bonds. The number of hydrogen-bond acceptors (Lipinski definition) is 7. The molecule has 2 aromatic carbocycles. The van der Waals surface area contributed by atoms with Crippen molar-refractivity contribution < 1.29 is 27.9 Å². The van der Waals surface area contributed by atoms with Gasteiger partial charge in [0.2, 0.25) is 14.2 Å². The molecule has 2 aromatic rings. The second-order valence-electron chi connectivity index (χ2n) is 15.9. The maximum absolute atomic E-state index is 13.8. The molecule has 1 heterocycles. The number of ether oxygens (including phenoxy) is 3. The Morgan fingerprint density at radius 2 is 1.53 bits per heavy atom. The summed E-state index contributed by atoms with van der Waals surface area (Å²) in [5.41, 5.74) is 2.36. The molecule has 0 aromatic heterocycles. The standard InChI is InChI=1S/C37H59NO6SSi2/c1-36(2,3)46(8,9)43-31-20-17-28(18-21-31)19-22-32(44-47(10,11)37(4,5)6)24-33(42-27-40-7)25-34(39)38-30(26-41-35(38)45)23-29-15-13-12-14-16-29/h12-18,20-21,30,32-33H,19,22-27H2,1-11H3/t30-,32-,33-/m0/s1. The van der Waals surface area contributed by atoms with E-state index in [9.17, 15) is 4.79 Å². The summed E-state index contributed by atoms with van der Waals surface area (Å²) in [4.78, 5) is 15.5. The van der Waals surface area contributed by atoms with Crippen molar-refractivity contribution in [2.75, 3.05) is 20.5 Å². The molecule has 7 nitrogen and oxygen atoms in total. The topological polar surface area (TPSA) is 66.5 Å². The molecule has 0 saturated carbocycles. The van der Waals surface area contributed by atoms with E-state index in [0.717, 1.165) is 24.2 Å². The first-order valence-corrected chi connectivity index (χ1v) is 23.1. The molecular weight excluding hydrogens is 643 g/mol. The zero-order chi connectivity index (χ0) is 35.0. The van der Waals surface area contributed by atoms with Crippen LogP contribution in [0.4, 0.5) is 0 Å².